The largest absolute Gasteiger partial charge is 0.303 e. The van der Waals surface area contributed by atoms with Gasteiger partial charge in [-0.3, -0.25) is 0 Å². The Bertz CT molecular complexity index is 333. The number of aldehydes is 1. The molecule has 2 heteroatoms. The summed E-state index contributed by atoms with van der Waals surface area (Å²) in [5, 5.41) is 0. The van der Waals surface area contributed by atoms with Gasteiger partial charge in [-0.2, -0.15) is 0 Å². The minimum absolute atomic E-state index is 0.650. The number of aryl methyl sites for hydroxylation is 2. The fourth-order valence-corrected chi connectivity index (χ4v) is 3.07. The first-order valence-corrected chi connectivity index (χ1v) is 6.07. The molecular weight excluding hydrogens is 192 g/mol. The molecule has 2 rings (SSSR count). The van der Waals surface area contributed by atoms with Gasteiger partial charge in [0.15, 0.2) is 0 Å². The number of benzene rings is 1. The molecule has 1 aliphatic heterocycles. The molecule has 0 spiro atoms. The van der Waals surface area contributed by atoms with Crippen LogP contribution in [0.4, 0.5) is 0 Å². The van der Waals surface area contributed by atoms with Gasteiger partial charge in [-0.25, -0.2) is 0 Å². The van der Waals surface area contributed by atoms with E-state index in [0.717, 1.165) is 12.7 Å². The van der Waals surface area contributed by atoms with E-state index in [1.807, 2.05) is 11.8 Å². The lowest BCUT2D eigenvalue weighted by atomic mass is 10.0. The molecular formula is C12H14OS. The number of thioether (sulfide) groups is 1. The summed E-state index contributed by atoms with van der Waals surface area (Å²) in [5.74, 6) is 1.23. The van der Waals surface area contributed by atoms with E-state index in [1.165, 1.54) is 34.6 Å². The molecule has 0 unspecified atom stereocenters. The molecule has 0 radical (unpaired) electrons. The van der Waals surface area contributed by atoms with Crippen LogP contribution in [0.15, 0.2) is 23.1 Å². The van der Waals surface area contributed by atoms with Gasteiger partial charge in [0, 0.05) is 11.3 Å². The number of carbonyl (C=O) groups is 1. The number of hydrogen-bond acceptors (Lipinski definition) is 2. The monoisotopic (exact) mass is 206 g/mol. The van der Waals surface area contributed by atoms with Gasteiger partial charge in [-0.1, -0.05) is 18.2 Å². The summed E-state index contributed by atoms with van der Waals surface area (Å²) in [7, 11) is 0. The topological polar surface area (TPSA) is 17.1 Å². The van der Waals surface area contributed by atoms with Gasteiger partial charge in [0.2, 0.25) is 0 Å². The van der Waals surface area contributed by atoms with Gasteiger partial charge in [-0.05, 0) is 36.1 Å². The van der Waals surface area contributed by atoms with Gasteiger partial charge in [0.05, 0.1) is 0 Å². The first kappa shape index (κ1) is 9.78. The van der Waals surface area contributed by atoms with Crippen LogP contribution in [0.25, 0.3) is 0 Å². The Morgan fingerprint density at radius 1 is 1.43 bits per heavy atom. The summed E-state index contributed by atoms with van der Waals surface area (Å²) >= 11 is 1.95. The van der Waals surface area contributed by atoms with Crippen molar-refractivity contribution < 1.29 is 4.79 Å². The maximum Gasteiger partial charge on any atom is 0.120 e. The van der Waals surface area contributed by atoms with Crippen LogP contribution in [0.5, 0.6) is 0 Å². The summed E-state index contributed by atoms with van der Waals surface area (Å²) in [6, 6.07) is 6.48. The highest BCUT2D eigenvalue weighted by atomic mass is 32.2. The summed E-state index contributed by atoms with van der Waals surface area (Å²) in [6.45, 7) is 0. The zero-order valence-corrected chi connectivity index (χ0v) is 8.98. The van der Waals surface area contributed by atoms with E-state index in [-0.39, 0.29) is 0 Å². The second-order valence-corrected chi connectivity index (χ2v) is 4.67. The molecule has 0 saturated heterocycles. The van der Waals surface area contributed by atoms with E-state index < -0.39 is 0 Å². The maximum atomic E-state index is 10.3. The quantitative estimate of drug-likeness (QED) is 0.707. The predicted octanol–water partition coefficient (Wildman–Crippen LogP) is 2.86. The van der Waals surface area contributed by atoms with Crippen LogP contribution in [-0.2, 0) is 17.6 Å². The van der Waals surface area contributed by atoms with Crippen LogP contribution in [0, 0.1) is 0 Å². The zero-order valence-electron chi connectivity index (χ0n) is 8.16. The smallest absolute Gasteiger partial charge is 0.120 e. The van der Waals surface area contributed by atoms with Crippen LogP contribution in [0.3, 0.4) is 0 Å². The SMILES string of the molecule is O=CCCc1cccc2c1SCCC2. The zero-order chi connectivity index (χ0) is 9.80. The number of rotatable bonds is 3. The van der Waals surface area contributed by atoms with Gasteiger partial charge in [0.1, 0.15) is 6.29 Å². The molecule has 0 fully saturated rings. The molecule has 0 amide bonds. The fourth-order valence-electron chi connectivity index (χ4n) is 1.87. The summed E-state index contributed by atoms with van der Waals surface area (Å²) < 4.78 is 0. The Hall–Kier alpha value is -0.760. The van der Waals surface area contributed by atoms with E-state index in [1.54, 1.807) is 0 Å². The van der Waals surface area contributed by atoms with Crippen molar-refractivity contribution in [3.8, 4) is 0 Å². The normalized spacial score (nSPS) is 14.9. The van der Waals surface area contributed by atoms with Crippen molar-refractivity contribution in [2.45, 2.75) is 30.6 Å². The lowest BCUT2D eigenvalue weighted by molar-refractivity contribution is -0.107. The Morgan fingerprint density at radius 3 is 3.21 bits per heavy atom. The third-order valence-corrected chi connectivity index (χ3v) is 3.85. The average Bonchev–Trinajstić information content (AvgIpc) is 2.26. The van der Waals surface area contributed by atoms with Crippen molar-refractivity contribution in [2.24, 2.45) is 0 Å². The van der Waals surface area contributed by atoms with Crippen molar-refractivity contribution in [2.75, 3.05) is 5.75 Å². The van der Waals surface area contributed by atoms with Crippen LogP contribution in [0.2, 0.25) is 0 Å². The molecule has 0 aliphatic carbocycles. The minimum Gasteiger partial charge on any atom is -0.303 e. The molecule has 1 aliphatic rings. The highest BCUT2D eigenvalue weighted by Gasteiger charge is 2.12. The van der Waals surface area contributed by atoms with Crippen LogP contribution >= 0.6 is 11.8 Å². The molecule has 1 aromatic carbocycles. The van der Waals surface area contributed by atoms with Crippen molar-refractivity contribution in [3.63, 3.8) is 0 Å². The highest BCUT2D eigenvalue weighted by molar-refractivity contribution is 7.99. The first-order valence-electron chi connectivity index (χ1n) is 5.09. The van der Waals surface area contributed by atoms with Crippen LogP contribution in [0.1, 0.15) is 24.0 Å². The van der Waals surface area contributed by atoms with E-state index in [4.69, 9.17) is 0 Å². The average molecular weight is 206 g/mol. The Morgan fingerprint density at radius 2 is 2.36 bits per heavy atom. The van der Waals surface area contributed by atoms with Crippen molar-refractivity contribution >= 4 is 18.0 Å². The third-order valence-electron chi connectivity index (χ3n) is 2.55. The molecule has 1 nitrogen and oxygen atoms in total. The Kier molecular flexibility index (Phi) is 3.25. The van der Waals surface area contributed by atoms with Gasteiger partial charge in [0.25, 0.3) is 0 Å². The molecule has 0 saturated carbocycles. The molecule has 0 N–H and O–H groups in total. The molecule has 0 atom stereocenters. The highest BCUT2D eigenvalue weighted by Crippen LogP contribution is 2.33. The Balaban J connectivity index is 2.25. The lowest BCUT2D eigenvalue weighted by Gasteiger charge is -2.18. The standard InChI is InChI=1S/C12H14OS/c13-8-2-6-10-4-1-5-11-7-3-9-14-12(10)11/h1,4-5,8H,2-3,6-7,9H2. The number of carbonyl (C=O) groups excluding carboxylic acids is 1. The second kappa shape index (κ2) is 4.65. The maximum absolute atomic E-state index is 10.3. The molecule has 1 heterocycles. The second-order valence-electron chi connectivity index (χ2n) is 3.56. The predicted molar refractivity (Wildman–Crippen MR) is 59.9 cm³/mol. The van der Waals surface area contributed by atoms with Gasteiger partial charge in [-0.15, -0.1) is 11.8 Å². The molecule has 74 valence electrons. The molecule has 14 heavy (non-hydrogen) atoms. The summed E-state index contributed by atoms with van der Waals surface area (Å²) in [4.78, 5) is 11.8. The molecule has 0 bridgehead atoms. The van der Waals surface area contributed by atoms with Crippen molar-refractivity contribution in [3.05, 3.63) is 29.3 Å². The van der Waals surface area contributed by atoms with Gasteiger partial charge < -0.3 is 4.79 Å². The minimum atomic E-state index is 0.650. The van der Waals surface area contributed by atoms with Crippen LogP contribution in [-0.4, -0.2) is 12.0 Å². The summed E-state index contributed by atoms with van der Waals surface area (Å²) in [6.07, 6.45) is 5.05. The number of fused-ring (bicyclic) bond motifs is 1. The lowest BCUT2D eigenvalue weighted by Crippen LogP contribution is -2.02. The van der Waals surface area contributed by atoms with Crippen molar-refractivity contribution in [1.29, 1.82) is 0 Å². The Labute approximate surface area is 88.9 Å². The van der Waals surface area contributed by atoms with E-state index in [0.29, 0.717) is 6.42 Å². The molecule has 0 aromatic heterocycles. The van der Waals surface area contributed by atoms with Crippen molar-refractivity contribution in [1.82, 2.24) is 0 Å². The van der Waals surface area contributed by atoms with E-state index in [9.17, 15) is 4.79 Å². The first-order chi connectivity index (χ1) is 6.92. The van der Waals surface area contributed by atoms with E-state index in [2.05, 4.69) is 18.2 Å². The third kappa shape index (κ3) is 2.01. The van der Waals surface area contributed by atoms with E-state index >= 15 is 0 Å². The van der Waals surface area contributed by atoms with Crippen LogP contribution < -0.4 is 0 Å². The number of hydrogen-bond donors (Lipinski definition) is 0. The molecule has 1 aromatic rings. The fraction of sp³-hybridized carbons (Fsp3) is 0.417. The summed E-state index contributed by atoms with van der Waals surface area (Å²) in [5.41, 5.74) is 2.84. The van der Waals surface area contributed by atoms with Gasteiger partial charge >= 0.3 is 0 Å².